The minimum absolute atomic E-state index is 0.0271. The maximum Gasteiger partial charge on any atom is 0.187 e. The molecule has 1 aliphatic rings. The van der Waals surface area contributed by atoms with Crippen molar-refractivity contribution in [1.29, 1.82) is 0 Å². The van der Waals surface area contributed by atoms with Crippen LogP contribution in [-0.4, -0.2) is 28.8 Å². The maximum atomic E-state index is 13.2. The lowest BCUT2D eigenvalue weighted by atomic mass is 9.86. The van der Waals surface area contributed by atoms with E-state index in [1.165, 1.54) is 27.7 Å². The third kappa shape index (κ3) is 3.11. The molecule has 1 aliphatic heterocycles. The number of ketones is 1. The molecule has 1 heterocycles. The number of rotatable bonds is 2. The summed E-state index contributed by atoms with van der Waals surface area (Å²) >= 11 is 12.3. The maximum absolute atomic E-state index is 13.2. The third-order valence-electron chi connectivity index (χ3n) is 5.67. The van der Waals surface area contributed by atoms with Gasteiger partial charge in [0.05, 0.1) is 5.57 Å². The molecule has 0 amide bonds. The number of aliphatic hydroxyl groups excluding tert-OH is 1. The van der Waals surface area contributed by atoms with Crippen molar-refractivity contribution in [2.24, 2.45) is 0 Å². The van der Waals surface area contributed by atoms with E-state index in [1.54, 1.807) is 31.2 Å². The molecule has 0 atom stereocenters. The van der Waals surface area contributed by atoms with Gasteiger partial charge < -0.3 is 5.11 Å². The lowest BCUT2D eigenvalue weighted by molar-refractivity contribution is -0.115. The Kier molecular flexibility index (Phi) is 5.18. The molecule has 0 radical (unpaired) electrons. The van der Waals surface area contributed by atoms with E-state index in [-0.39, 0.29) is 5.57 Å². The van der Waals surface area contributed by atoms with Gasteiger partial charge in [-0.05, 0) is 69.5 Å². The number of hydrogen-bond donors (Lipinski definition) is 1. The minimum atomic E-state index is -3.96. The molecule has 0 fully saturated rings. The fraction of sp³-hybridized carbons (Fsp3) is 0.318. The first-order valence-corrected chi connectivity index (χ1v) is 11.3. The molecular weight excluding hydrogens is 431 g/mol. The Morgan fingerprint density at radius 1 is 0.897 bits per heavy atom. The number of hydrogen-bond acceptors (Lipinski definition) is 4. The summed E-state index contributed by atoms with van der Waals surface area (Å²) in [5.74, 6) is -1.07. The molecule has 0 saturated heterocycles. The summed E-state index contributed by atoms with van der Waals surface area (Å²) in [6.45, 7) is 7.41. The second kappa shape index (κ2) is 6.86. The van der Waals surface area contributed by atoms with Crippen molar-refractivity contribution in [3.05, 3.63) is 63.3 Å². The summed E-state index contributed by atoms with van der Waals surface area (Å²) in [5.41, 5.74) is 2.68. The third-order valence-corrected chi connectivity index (χ3v) is 9.29. The first kappa shape index (κ1) is 21.9. The van der Waals surface area contributed by atoms with Gasteiger partial charge >= 0.3 is 0 Å². The Morgan fingerprint density at radius 2 is 1.52 bits per heavy atom. The van der Waals surface area contributed by atoms with Gasteiger partial charge in [-0.25, -0.2) is 8.42 Å². The van der Waals surface area contributed by atoms with Crippen LogP contribution in [-0.2, 0) is 14.6 Å². The predicted molar refractivity (Wildman–Crippen MR) is 118 cm³/mol. The van der Waals surface area contributed by atoms with Gasteiger partial charge in [-0.2, -0.15) is 0 Å². The van der Waals surface area contributed by atoms with Crippen LogP contribution in [0.4, 0.5) is 0 Å². The molecule has 1 N–H and O–H groups in total. The lowest BCUT2D eigenvalue weighted by Gasteiger charge is -2.39. The van der Waals surface area contributed by atoms with E-state index < -0.39 is 30.9 Å². The SMILES string of the molecule is Cc1ccc(-c2ccc(Cl)cc2Cl)cc1C1=C(O)C(C)(C)S(=O)(=O)C(C)(C)C1=O. The van der Waals surface area contributed by atoms with Crippen molar-refractivity contribution in [1.82, 2.24) is 0 Å². The summed E-state index contributed by atoms with van der Waals surface area (Å²) in [7, 11) is -3.96. The summed E-state index contributed by atoms with van der Waals surface area (Å²) in [4.78, 5) is 13.2. The number of sulfone groups is 1. The second-order valence-electron chi connectivity index (χ2n) is 8.23. The molecule has 2 aromatic carbocycles. The Morgan fingerprint density at radius 3 is 2.10 bits per heavy atom. The van der Waals surface area contributed by atoms with Crippen LogP contribution in [0.25, 0.3) is 16.7 Å². The smallest absolute Gasteiger partial charge is 0.187 e. The highest BCUT2D eigenvalue weighted by Gasteiger charge is 2.58. The first-order chi connectivity index (χ1) is 13.2. The van der Waals surface area contributed by atoms with Crippen molar-refractivity contribution in [2.45, 2.75) is 44.1 Å². The fourth-order valence-electron chi connectivity index (χ4n) is 3.63. The van der Waals surface area contributed by atoms with Crippen molar-refractivity contribution in [2.75, 3.05) is 0 Å². The number of aliphatic hydroxyl groups is 1. The van der Waals surface area contributed by atoms with E-state index in [1.807, 2.05) is 12.1 Å². The number of allylic oxidation sites excluding steroid dienone is 1. The van der Waals surface area contributed by atoms with Crippen LogP contribution in [0, 0.1) is 6.92 Å². The molecule has 0 aromatic heterocycles. The zero-order valence-electron chi connectivity index (χ0n) is 16.8. The van der Waals surface area contributed by atoms with E-state index in [0.29, 0.717) is 21.2 Å². The van der Waals surface area contributed by atoms with Crippen LogP contribution >= 0.6 is 23.2 Å². The minimum Gasteiger partial charge on any atom is -0.510 e. The molecule has 29 heavy (non-hydrogen) atoms. The van der Waals surface area contributed by atoms with Crippen LogP contribution in [0.5, 0.6) is 0 Å². The van der Waals surface area contributed by atoms with Gasteiger partial charge in [-0.15, -0.1) is 0 Å². The normalized spacial score (nSPS) is 20.0. The van der Waals surface area contributed by atoms with Crippen molar-refractivity contribution in [3.8, 4) is 11.1 Å². The fourth-order valence-corrected chi connectivity index (χ4v) is 6.13. The molecule has 0 saturated carbocycles. The number of aryl methyl sites for hydroxylation is 1. The van der Waals surface area contributed by atoms with Crippen molar-refractivity contribution >= 4 is 44.4 Å². The van der Waals surface area contributed by atoms with Crippen molar-refractivity contribution in [3.63, 3.8) is 0 Å². The Bertz CT molecular complexity index is 1180. The second-order valence-corrected chi connectivity index (χ2v) is 12.1. The van der Waals surface area contributed by atoms with E-state index >= 15 is 0 Å². The average Bonchev–Trinajstić information content (AvgIpc) is 2.62. The van der Waals surface area contributed by atoms with Gasteiger partial charge in [-0.3, -0.25) is 4.79 Å². The number of benzene rings is 2. The van der Waals surface area contributed by atoms with Crippen molar-refractivity contribution < 1.29 is 18.3 Å². The molecule has 0 spiro atoms. The lowest BCUT2D eigenvalue weighted by Crippen LogP contribution is -2.55. The van der Waals surface area contributed by atoms with Gasteiger partial charge in [0.25, 0.3) is 0 Å². The zero-order valence-corrected chi connectivity index (χ0v) is 19.1. The molecule has 7 heteroatoms. The molecule has 0 aliphatic carbocycles. The molecule has 0 bridgehead atoms. The van der Waals surface area contributed by atoms with Gasteiger partial charge in [0, 0.05) is 15.6 Å². The Hall–Kier alpha value is -1.82. The topological polar surface area (TPSA) is 71.4 Å². The summed E-state index contributed by atoms with van der Waals surface area (Å²) in [5, 5.41) is 11.9. The number of carbonyl (C=O) groups is 1. The largest absolute Gasteiger partial charge is 0.510 e. The highest BCUT2D eigenvalue weighted by Crippen LogP contribution is 2.46. The standard InChI is InChI=1S/C22H22Cl2O4S/c1-12-6-7-13(15-9-8-14(23)11-17(15)24)10-16(12)18-19(25)21(2,3)29(27,28)22(4,5)20(18)26/h6-11,25H,1-5H3. The number of Topliss-reactive ketones (excluding diaryl/α,β-unsaturated/α-hetero) is 1. The molecule has 2 aromatic rings. The highest BCUT2D eigenvalue weighted by molar-refractivity contribution is 7.95. The summed E-state index contributed by atoms with van der Waals surface area (Å²) in [6, 6.07) is 10.5. The molecule has 0 unspecified atom stereocenters. The van der Waals surface area contributed by atoms with Gasteiger partial charge in [0.2, 0.25) is 0 Å². The van der Waals surface area contributed by atoms with E-state index in [9.17, 15) is 18.3 Å². The summed E-state index contributed by atoms with van der Waals surface area (Å²) in [6.07, 6.45) is 0. The quantitative estimate of drug-likeness (QED) is 0.625. The molecule has 3 rings (SSSR count). The molecular formula is C22H22Cl2O4S. The molecule has 4 nitrogen and oxygen atoms in total. The van der Waals surface area contributed by atoms with Crippen LogP contribution < -0.4 is 0 Å². The number of halogens is 2. The van der Waals surface area contributed by atoms with E-state index in [2.05, 4.69) is 0 Å². The monoisotopic (exact) mass is 452 g/mol. The summed E-state index contributed by atoms with van der Waals surface area (Å²) < 4.78 is 22.7. The van der Waals surface area contributed by atoms with Crippen LogP contribution in [0.2, 0.25) is 10.0 Å². The Labute approximate surface area is 181 Å². The van der Waals surface area contributed by atoms with Crippen LogP contribution in [0.1, 0.15) is 38.8 Å². The molecule has 154 valence electrons. The highest BCUT2D eigenvalue weighted by atomic mass is 35.5. The van der Waals surface area contributed by atoms with E-state index in [4.69, 9.17) is 23.2 Å². The average molecular weight is 453 g/mol. The van der Waals surface area contributed by atoms with Gasteiger partial charge in [-0.1, -0.05) is 41.4 Å². The first-order valence-electron chi connectivity index (χ1n) is 9.02. The number of carbonyl (C=O) groups excluding carboxylic acids is 1. The zero-order chi connectivity index (χ0) is 21.9. The van der Waals surface area contributed by atoms with Gasteiger partial charge in [0.15, 0.2) is 15.6 Å². The van der Waals surface area contributed by atoms with Crippen LogP contribution in [0.15, 0.2) is 42.2 Å². The Balaban J connectivity index is 2.32. The van der Waals surface area contributed by atoms with E-state index in [0.717, 1.165) is 11.1 Å². The predicted octanol–water partition coefficient (Wildman–Crippen LogP) is 5.79. The van der Waals surface area contributed by atoms with Crippen LogP contribution in [0.3, 0.4) is 0 Å². The van der Waals surface area contributed by atoms with Gasteiger partial charge in [0.1, 0.15) is 15.3 Å².